The molecular formula is C12H16N2O3S. The normalized spacial score (nSPS) is 23.0. The molecular weight excluding hydrogens is 252 g/mol. The van der Waals surface area contributed by atoms with Gasteiger partial charge in [-0.05, 0) is 29.7 Å². The van der Waals surface area contributed by atoms with Crippen LogP contribution < -0.4 is 10.5 Å². The van der Waals surface area contributed by atoms with E-state index in [1.807, 2.05) is 17.8 Å². The van der Waals surface area contributed by atoms with Crippen LogP contribution in [0.2, 0.25) is 0 Å². The molecule has 2 rings (SSSR count). The van der Waals surface area contributed by atoms with E-state index in [-0.39, 0.29) is 11.7 Å². The molecule has 0 bridgehead atoms. The third kappa shape index (κ3) is 2.76. The molecule has 1 aliphatic rings. The van der Waals surface area contributed by atoms with Gasteiger partial charge in [0, 0.05) is 17.9 Å². The summed E-state index contributed by atoms with van der Waals surface area (Å²) < 4.78 is 4.98. The standard InChI is InChI=1S/C12H16N2O3S/c1-17-12-3-2-8(5-11(12)14(15)16)4-9-6-18-7-10(9)13/h2-3,5,9-10H,4,6-7,13H2,1H3. The van der Waals surface area contributed by atoms with Crippen LogP contribution in [0.5, 0.6) is 5.75 Å². The Bertz CT molecular complexity index is 453. The van der Waals surface area contributed by atoms with Crippen LogP contribution in [0.1, 0.15) is 5.56 Å². The lowest BCUT2D eigenvalue weighted by Gasteiger charge is -2.14. The molecule has 0 radical (unpaired) electrons. The Morgan fingerprint density at radius 3 is 2.89 bits per heavy atom. The van der Waals surface area contributed by atoms with Crippen molar-refractivity contribution in [2.24, 2.45) is 11.7 Å². The Hall–Kier alpha value is -1.27. The van der Waals surface area contributed by atoms with Crippen molar-refractivity contribution in [3.05, 3.63) is 33.9 Å². The molecule has 98 valence electrons. The summed E-state index contributed by atoms with van der Waals surface area (Å²) in [5, 5.41) is 10.9. The Labute approximate surface area is 110 Å². The highest BCUT2D eigenvalue weighted by Crippen LogP contribution is 2.31. The Morgan fingerprint density at radius 1 is 1.56 bits per heavy atom. The smallest absolute Gasteiger partial charge is 0.311 e. The first-order valence-electron chi connectivity index (χ1n) is 5.76. The number of benzene rings is 1. The molecule has 6 heteroatoms. The van der Waals surface area contributed by atoms with E-state index < -0.39 is 4.92 Å². The predicted octanol–water partition coefficient (Wildman–Crippen LogP) is 1.84. The molecule has 0 spiro atoms. The van der Waals surface area contributed by atoms with E-state index in [2.05, 4.69) is 0 Å². The summed E-state index contributed by atoms with van der Waals surface area (Å²) in [4.78, 5) is 10.5. The minimum Gasteiger partial charge on any atom is -0.490 e. The van der Waals surface area contributed by atoms with Crippen molar-refractivity contribution in [3.8, 4) is 5.75 Å². The molecule has 1 aromatic rings. The SMILES string of the molecule is COc1ccc(CC2CSCC2N)cc1[N+](=O)[O-]. The number of thioether (sulfide) groups is 1. The fourth-order valence-electron chi connectivity index (χ4n) is 2.13. The van der Waals surface area contributed by atoms with E-state index in [0.29, 0.717) is 11.7 Å². The van der Waals surface area contributed by atoms with Crippen LogP contribution in [-0.4, -0.2) is 29.6 Å². The highest BCUT2D eigenvalue weighted by atomic mass is 32.2. The van der Waals surface area contributed by atoms with Gasteiger partial charge in [0.15, 0.2) is 5.75 Å². The number of nitro groups is 1. The third-order valence-corrected chi connectivity index (χ3v) is 4.47. The highest BCUT2D eigenvalue weighted by molar-refractivity contribution is 7.99. The fourth-order valence-corrected chi connectivity index (χ4v) is 3.48. The fraction of sp³-hybridized carbons (Fsp3) is 0.500. The molecule has 0 amide bonds. The van der Waals surface area contributed by atoms with Gasteiger partial charge in [-0.3, -0.25) is 10.1 Å². The van der Waals surface area contributed by atoms with Gasteiger partial charge in [-0.2, -0.15) is 11.8 Å². The van der Waals surface area contributed by atoms with Crippen LogP contribution in [0.25, 0.3) is 0 Å². The lowest BCUT2D eigenvalue weighted by atomic mass is 9.95. The Morgan fingerprint density at radius 2 is 2.33 bits per heavy atom. The topological polar surface area (TPSA) is 78.4 Å². The maximum Gasteiger partial charge on any atom is 0.311 e. The van der Waals surface area contributed by atoms with Crippen LogP contribution in [-0.2, 0) is 6.42 Å². The average molecular weight is 268 g/mol. The van der Waals surface area contributed by atoms with Gasteiger partial charge in [0.2, 0.25) is 0 Å². The molecule has 1 fully saturated rings. The molecule has 1 heterocycles. The lowest BCUT2D eigenvalue weighted by molar-refractivity contribution is -0.385. The predicted molar refractivity (Wildman–Crippen MR) is 72.1 cm³/mol. The summed E-state index contributed by atoms with van der Waals surface area (Å²) in [6.07, 6.45) is 0.791. The minimum atomic E-state index is -0.411. The van der Waals surface area contributed by atoms with Gasteiger partial charge in [-0.15, -0.1) is 0 Å². The molecule has 1 saturated heterocycles. The van der Waals surface area contributed by atoms with Crippen molar-refractivity contribution in [3.63, 3.8) is 0 Å². The molecule has 5 nitrogen and oxygen atoms in total. The zero-order valence-electron chi connectivity index (χ0n) is 10.2. The van der Waals surface area contributed by atoms with Crippen LogP contribution in [0.15, 0.2) is 18.2 Å². The number of rotatable bonds is 4. The van der Waals surface area contributed by atoms with Crippen molar-refractivity contribution >= 4 is 17.4 Å². The summed E-state index contributed by atoms with van der Waals surface area (Å²) >= 11 is 1.84. The van der Waals surface area contributed by atoms with E-state index in [4.69, 9.17) is 10.5 Å². The number of ether oxygens (including phenoxy) is 1. The van der Waals surface area contributed by atoms with Crippen LogP contribution >= 0.6 is 11.8 Å². The van der Waals surface area contributed by atoms with Crippen molar-refractivity contribution in [2.45, 2.75) is 12.5 Å². The summed E-state index contributed by atoms with van der Waals surface area (Å²) in [6.45, 7) is 0. The zero-order valence-corrected chi connectivity index (χ0v) is 11.0. The largest absolute Gasteiger partial charge is 0.490 e. The molecule has 2 atom stereocenters. The van der Waals surface area contributed by atoms with Crippen molar-refractivity contribution < 1.29 is 9.66 Å². The van der Waals surface area contributed by atoms with E-state index in [9.17, 15) is 10.1 Å². The maximum atomic E-state index is 10.9. The first-order valence-corrected chi connectivity index (χ1v) is 6.92. The molecule has 18 heavy (non-hydrogen) atoms. The van der Waals surface area contributed by atoms with E-state index in [1.165, 1.54) is 7.11 Å². The van der Waals surface area contributed by atoms with E-state index in [0.717, 1.165) is 23.5 Å². The van der Waals surface area contributed by atoms with Crippen molar-refractivity contribution in [1.29, 1.82) is 0 Å². The van der Waals surface area contributed by atoms with E-state index in [1.54, 1.807) is 12.1 Å². The number of nitrogens with two attached hydrogens (primary N) is 1. The molecule has 1 aliphatic heterocycles. The van der Waals surface area contributed by atoms with Gasteiger partial charge >= 0.3 is 5.69 Å². The van der Waals surface area contributed by atoms with Crippen LogP contribution in [0, 0.1) is 16.0 Å². The van der Waals surface area contributed by atoms with Gasteiger partial charge in [-0.1, -0.05) is 6.07 Å². The van der Waals surface area contributed by atoms with Gasteiger partial charge < -0.3 is 10.5 Å². The summed E-state index contributed by atoms with van der Waals surface area (Å²) in [5.41, 5.74) is 6.97. The van der Waals surface area contributed by atoms with Gasteiger partial charge in [0.05, 0.1) is 12.0 Å². The number of hydrogen-bond donors (Lipinski definition) is 1. The first-order chi connectivity index (χ1) is 8.61. The van der Waals surface area contributed by atoms with Gasteiger partial charge in [-0.25, -0.2) is 0 Å². The quantitative estimate of drug-likeness (QED) is 0.666. The second-order valence-corrected chi connectivity index (χ2v) is 5.50. The van der Waals surface area contributed by atoms with Crippen LogP contribution in [0.4, 0.5) is 5.69 Å². The highest BCUT2D eigenvalue weighted by Gasteiger charge is 2.25. The summed E-state index contributed by atoms with van der Waals surface area (Å²) in [7, 11) is 1.44. The zero-order chi connectivity index (χ0) is 13.1. The number of methoxy groups -OCH3 is 1. The Kier molecular flexibility index (Phi) is 4.08. The number of nitro benzene ring substituents is 1. The first kappa shape index (κ1) is 13.2. The average Bonchev–Trinajstić information content (AvgIpc) is 2.75. The van der Waals surface area contributed by atoms with Gasteiger partial charge in [0.25, 0.3) is 0 Å². The Balaban J connectivity index is 2.18. The number of hydrogen-bond acceptors (Lipinski definition) is 5. The molecule has 0 saturated carbocycles. The third-order valence-electron chi connectivity index (χ3n) is 3.19. The second-order valence-electron chi connectivity index (χ2n) is 4.43. The maximum absolute atomic E-state index is 10.9. The molecule has 0 aliphatic carbocycles. The van der Waals surface area contributed by atoms with Gasteiger partial charge in [0.1, 0.15) is 0 Å². The monoisotopic (exact) mass is 268 g/mol. The molecule has 2 unspecified atom stereocenters. The summed E-state index contributed by atoms with van der Waals surface area (Å²) in [6, 6.07) is 5.31. The van der Waals surface area contributed by atoms with Crippen LogP contribution in [0.3, 0.4) is 0 Å². The van der Waals surface area contributed by atoms with Crippen molar-refractivity contribution in [2.75, 3.05) is 18.6 Å². The minimum absolute atomic E-state index is 0.0224. The number of nitrogens with zero attached hydrogens (tertiary/aromatic N) is 1. The summed E-state index contributed by atoms with van der Waals surface area (Å²) in [5.74, 6) is 2.71. The molecule has 2 N–H and O–H groups in total. The molecule has 1 aromatic carbocycles. The van der Waals surface area contributed by atoms with E-state index >= 15 is 0 Å². The second kappa shape index (κ2) is 5.58. The molecule has 0 aromatic heterocycles. The lowest BCUT2D eigenvalue weighted by Crippen LogP contribution is -2.29. The van der Waals surface area contributed by atoms with Crippen molar-refractivity contribution in [1.82, 2.24) is 0 Å².